The molecule has 0 spiro atoms. The van der Waals surface area contributed by atoms with E-state index in [2.05, 4.69) is 31.4 Å². The van der Waals surface area contributed by atoms with Crippen LogP contribution in [-0.4, -0.2) is 11.8 Å². The number of nitrogens with one attached hydrogen (secondary N) is 1. The molecule has 0 radical (unpaired) electrons. The number of hydrogen-bond donors (Lipinski definition) is 2. The first kappa shape index (κ1) is 23.3. The lowest BCUT2D eigenvalue weighted by molar-refractivity contribution is 0.0383. The third-order valence-corrected chi connectivity index (χ3v) is 5.44. The molecule has 0 aliphatic carbocycles. The maximum absolute atomic E-state index is 11.3. The number of hydrogen-bond acceptors (Lipinski definition) is 5. The predicted octanol–water partition coefficient (Wildman–Crippen LogP) is 7.89. The minimum absolute atomic E-state index is 0.00886. The maximum atomic E-state index is 11.3. The molecule has 0 bridgehead atoms. The van der Waals surface area contributed by atoms with Crippen LogP contribution < -0.4 is 5.48 Å². The van der Waals surface area contributed by atoms with Crippen LogP contribution in [0.5, 0.6) is 0 Å². The number of ether oxygens (including phenoxy) is 1. The van der Waals surface area contributed by atoms with Gasteiger partial charge in [0.05, 0.1) is 11.8 Å². The zero-order valence-corrected chi connectivity index (χ0v) is 18.1. The fourth-order valence-electron chi connectivity index (χ4n) is 3.63. The van der Waals surface area contributed by atoms with Gasteiger partial charge in [-0.25, -0.2) is 0 Å². The van der Waals surface area contributed by atoms with E-state index >= 15 is 0 Å². The minimum atomic E-state index is 0.00886. The van der Waals surface area contributed by atoms with E-state index in [1.807, 2.05) is 18.2 Å². The molecule has 0 fully saturated rings. The Balaban J connectivity index is 2.18. The van der Waals surface area contributed by atoms with E-state index in [0.29, 0.717) is 17.3 Å². The predicted molar refractivity (Wildman–Crippen MR) is 121 cm³/mol. The molecule has 2 rings (SSSR count). The Morgan fingerprint density at radius 3 is 2.45 bits per heavy atom. The Morgan fingerprint density at radius 1 is 1.00 bits per heavy atom. The lowest BCUT2D eigenvalue weighted by Crippen LogP contribution is -2.08. The molecule has 2 aromatic carbocycles. The van der Waals surface area contributed by atoms with Crippen LogP contribution in [-0.2, 0) is 4.74 Å². The molecule has 2 aromatic rings. The molecule has 1 unspecified atom stereocenters. The summed E-state index contributed by atoms with van der Waals surface area (Å²) in [6.07, 6.45) is 9.50. The summed E-state index contributed by atoms with van der Waals surface area (Å²) in [5.41, 5.74) is 4.20. The van der Waals surface area contributed by atoms with Crippen molar-refractivity contribution in [2.75, 3.05) is 12.1 Å². The summed E-state index contributed by atoms with van der Waals surface area (Å²) < 4.78 is 6.27. The summed E-state index contributed by atoms with van der Waals surface area (Å²) in [7, 11) is 0. The fourth-order valence-corrected chi connectivity index (χ4v) is 3.63. The van der Waals surface area contributed by atoms with Crippen molar-refractivity contribution in [1.82, 2.24) is 0 Å². The van der Waals surface area contributed by atoms with Gasteiger partial charge in [-0.05, 0) is 47.7 Å². The first-order valence-corrected chi connectivity index (χ1v) is 11.0. The van der Waals surface area contributed by atoms with Gasteiger partial charge in [0.15, 0.2) is 0 Å². The average Bonchev–Trinajstić information content (AvgIpc) is 2.73. The molecule has 2 N–H and O–H groups in total. The number of nitroso groups, excluding NO2 is 1. The van der Waals surface area contributed by atoms with Gasteiger partial charge < -0.3 is 4.74 Å². The van der Waals surface area contributed by atoms with Crippen LogP contribution in [0.4, 0.5) is 11.4 Å². The van der Waals surface area contributed by atoms with Crippen molar-refractivity contribution < 1.29 is 9.94 Å². The molecule has 5 nitrogen and oxygen atoms in total. The SMILES string of the molecule is CCCCCCCCC(OCCC(C)C)c1ccc2c(NO)ccc(N=O)c2c1. The topological polar surface area (TPSA) is 70.9 Å². The first-order valence-electron chi connectivity index (χ1n) is 11.0. The van der Waals surface area contributed by atoms with E-state index in [1.54, 1.807) is 12.1 Å². The van der Waals surface area contributed by atoms with Gasteiger partial charge in [0.1, 0.15) is 5.69 Å². The highest BCUT2D eigenvalue weighted by molar-refractivity contribution is 6.01. The summed E-state index contributed by atoms with van der Waals surface area (Å²) >= 11 is 0. The van der Waals surface area contributed by atoms with E-state index in [9.17, 15) is 10.1 Å². The number of anilines is 1. The lowest BCUT2D eigenvalue weighted by Gasteiger charge is -2.20. The molecule has 0 aliphatic heterocycles. The fraction of sp³-hybridized carbons (Fsp3) is 0.583. The number of fused-ring (bicyclic) bond motifs is 1. The van der Waals surface area contributed by atoms with E-state index in [-0.39, 0.29) is 6.10 Å². The van der Waals surface area contributed by atoms with E-state index in [0.717, 1.165) is 42.2 Å². The van der Waals surface area contributed by atoms with Crippen LogP contribution in [0.15, 0.2) is 35.5 Å². The molecular weight excluding hydrogens is 364 g/mol. The van der Waals surface area contributed by atoms with Crippen molar-refractivity contribution >= 4 is 22.1 Å². The van der Waals surface area contributed by atoms with Crippen molar-refractivity contribution in [3.05, 3.63) is 40.8 Å². The van der Waals surface area contributed by atoms with E-state index in [4.69, 9.17) is 4.74 Å². The van der Waals surface area contributed by atoms with E-state index < -0.39 is 0 Å². The number of benzene rings is 2. The molecule has 5 heteroatoms. The second kappa shape index (κ2) is 12.6. The standard InChI is InChI=1S/C24H36N2O3/c1-4-5-6-7-8-9-10-24(29-16-15-18(2)3)19-11-12-20-21(17-19)23(26-28)14-13-22(20)25-27/h11-14,17-18,24-25,27H,4-10,15-16H2,1-3H3. The summed E-state index contributed by atoms with van der Waals surface area (Å²) in [5.74, 6) is 0.602. The van der Waals surface area contributed by atoms with Gasteiger partial charge in [0.25, 0.3) is 0 Å². The van der Waals surface area contributed by atoms with Gasteiger partial charge in [-0.2, -0.15) is 0 Å². The van der Waals surface area contributed by atoms with Gasteiger partial charge in [-0.3, -0.25) is 10.7 Å². The van der Waals surface area contributed by atoms with E-state index in [1.165, 1.54) is 32.1 Å². The molecule has 0 saturated carbocycles. The first-order chi connectivity index (χ1) is 14.1. The van der Waals surface area contributed by atoms with Gasteiger partial charge in [-0.15, -0.1) is 4.91 Å². The second-order valence-corrected chi connectivity index (χ2v) is 8.24. The van der Waals surface area contributed by atoms with Crippen LogP contribution >= 0.6 is 0 Å². The van der Waals surface area contributed by atoms with Crippen molar-refractivity contribution in [2.24, 2.45) is 11.1 Å². The summed E-state index contributed by atoms with van der Waals surface area (Å²) in [6, 6.07) is 9.24. The molecule has 29 heavy (non-hydrogen) atoms. The van der Waals surface area contributed by atoms with Crippen molar-refractivity contribution in [3.8, 4) is 0 Å². The highest BCUT2D eigenvalue weighted by Gasteiger charge is 2.15. The second-order valence-electron chi connectivity index (χ2n) is 8.24. The van der Waals surface area contributed by atoms with Crippen LogP contribution in [0.25, 0.3) is 10.8 Å². The Bertz CT molecular complexity index is 761. The van der Waals surface area contributed by atoms with Crippen molar-refractivity contribution in [1.29, 1.82) is 0 Å². The van der Waals surface area contributed by atoms with Crippen LogP contribution in [0.2, 0.25) is 0 Å². The Kier molecular flexibility index (Phi) is 10.1. The monoisotopic (exact) mass is 400 g/mol. The number of rotatable bonds is 14. The largest absolute Gasteiger partial charge is 0.374 e. The highest BCUT2D eigenvalue weighted by atomic mass is 16.5. The molecule has 160 valence electrons. The summed E-state index contributed by atoms with van der Waals surface area (Å²) in [6.45, 7) is 7.37. The van der Waals surface area contributed by atoms with Crippen molar-refractivity contribution in [3.63, 3.8) is 0 Å². The quantitative estimate of drug-likeness (QED) is 0.192. The molecule has 0 aliphatic rings. The van der Waals surface area contributed by atoms with Crippen LogP contribution in [0.1, 0.15) is 83.8 Å². The normalized spacial score (nSPS) is 12.4. The lowest BCUT2D eigenvalue weighted by atomic mass is 9.97. The Labute approximate surface area is 174 Å². The summed E-state index contributed by atoms with van der Waals surface area (Å²) in [4.78, 5) is 11.3. The van der Waals surface area contributed by atoms with Crippen molar-refractivity contribution in [2.45, 2.75) is 78.2 Å². The van der Waals surface area contributed by atoms with Crippen LogP contribution in [0, 0.1) is 10.8 Å². The van der Waals surface area contributed by atoms with Gasteiger partial charge in [-0.1, -0.05) is 71.4 Å². The number of nitrogens with zero attached hydrogens (tertiary/aromatic N) is 1. The third-order valence-electron chi connectivity index (χ3n) is 5.44. The maximum Gasteiger partial charge on any atom is 0.115 e. The zero-order valence-electron chi connectivity index (χ0n) is 18.1. The Morgan fingerprint density at radius 2 is 1.76 bits per heavy atom. The zero-order chi connectivity index (χ0) is 21.1. The molecular formula is C24H36N2O3. The molecule has 0 saturated heterocycles. The van der Waals surface area contributed by atoms with Gasteiger partial charge in [0, 0.05) is 17.4 Å². The molecule has 0 aromatic heterocycles. The average molecular weight is 401 g/mol. The van der Waals surface area contributed by atoms with Gasteiger partial charge in [0.2, 0.25) is 0 Å². The highest BCUT2D eigenvalue weighted by Crippen LogP contribution is 2.35. The van der Waals surface area contributed by atoms with Gasteiger partial charge >= 0.3 is 0 Å². The molecule has 1 atom stereocenters. The molecule has 0 heterocycles. The minimum Gasteiger partial charge on any atom is -0.374 e. The molecule has 0 amide bonds. The summed E-state index contributed by atoms with van der Waals surface area (Å²) in [5, 5.41) is 14.0. The Hall–Kier alpha value is -1.98. The number of unbranched alkanes of at least 4 members (excludes halogenated alkanes) is 5. The third kappa shape index (κ3) is 7.09. The van der Waals surface area contributed by atoms with Crippen LogP contribution in [0.3, 0.4) is 0 Å². The smallest absolute Gasteiger partial charge is 0.115 e.